The number of aromatic nitrogens is 3. The Labute approximate surface area is 157 Å². The van der Waals surface area contributed by atoms with Crippen molar-refractivity contribution >= 4 is 23.2 Å². The van der Waals surface area contributed by atoms with Crippen molar-refractivity contribution in [2.75, 3.05) is 10.6 Å². The molecule has 2 N–H and O–H groups in total. The van der Waals surface area contributed by atoms with E-state index in [9.17, 15) is 9.59 Å². The predicted octanol–water partition coefficient (Wildman–Crippen LogP) is 3.05. The summed E-state index contributed by atoms with van der Waals surface area (Å²) in [6, 6.07) is 12.2. The number of benzene rings is 1. The van der Waals surface area contributed by atoms with Crippen LogP contribution in [0.5, 0.6) is 0 Å². The highest BCUT2D eigenvalue weighted by Gasteiger charge is 2.15. The van der Waals surface area contributed by atoms with Crippen LogP contribution in [0.4, 0.5) is 11.4 Å². The van der Waals surface area contributed by atoms with Crippen molar-refractivity contribution in [2.24, 2.45) is 0 Å². The molecule has 138 valence electrons. The Kier molecular flexibility index (Phi) is 5.94. The van der Waals surface area contributed by atoms with Crippen molar-refractivity contribution in [3.63, 3.8) is 0 Å². The lowest BCUT2D eigenvalue weighted by molar-refractivity contribution is -0.119. The zero-order valence-corrected chi connectivity index (χ0v) is 15.0. The van der Waals surface area contributed by atoms with Gasteiger partial charge in [-0.25, -0.2) is 0 Å². The Morgan fingerprint density at radius 3 is 2.48 bits per heavy atom. The fourth-order valence-electron chi connectivity index (χ4n) is 2.58. The molecule has 0 fully saturated rings. The van der Waals surface area contributed by atoms with E-state index in [1.807, 2.05) is 12.1 Å². The number of rotatable bonds is 7. The van der Waals surface area contributed by atoms with Gasteiger partial charge in [0, 0.05) is 42.6 Å². The molecule has 27 heavy (non-hydrogen) atoms. The van der Waals surface area contributed by atoms with Crippen LogP contribution in [0.15, 0.2) is 67.3 Å². The van der Waals surface area contributed by atoms with Gasteiger partial charge in [0.2, 0.25) is 11.8 Å². The SMILES string of the molecule is C[C@@H](C(=O)Nc1cccc(NC(=O)CCc2ccncc2)c1)n1cccn1. The third kappa shape index (κ3) is 5.24. The molecular formula is C20H21N5O2. The van der Waals surface area contributed by atoms with Crippen molar-refractivity contribution < 1.29 is 9.59 Å². The van der Waals surface area contributed by atoms with E-state index in [-0.39, 0.29) is 11.8 Å². The molecule has 2 heterocycles. The van der Waals surface area contributed by atoms with Crippen molar-refractivity contribution in [2.45, 2.75) is 25.8 Å². The van der Waals surface area contributed by atoms with Crippen LogP contribution in [-0.2, 0) is 16.0 Å². The molecule has 7 nitrogen and oxygen atoms in total. The van der Waals surface area contributed by atoms with Gasteiger partial charge in [-0.05, 0) is 55.3 Å². The first-order valence-corrected chi connectivity index (χ1v) is 8.70. The quantitative estimate of drug-likeness (QED) is 0.675. The van der Waals surface area contributed by atoms with Crippen LogP contribution in [0.3, 0.4) is 0 Å². The Balaban J connectivity index is 1.55. The molecule has 1 aromatic carbocycles. The van der Waals surface area contributed by atoms with Crippen molar-refractivity contribution in [1.82, 2.24) is 14.8 Å². The van der Waals surface area contributed by atoms with Crippen LogP contribution < -0.4 is 10.6 Å². The molecule has 3 aromatic rings. The third-order valence-corrected chi connectivity index (χ3v) is 4.11. The largest absolute Gasteiger partial charge is 0.326 e. The second-order valence-electron chi connectivity index (χ2n) is 6.14. The van der Waals surface area contributed by atoms with Gasteiger partial charge in [-0.2, -0.15) is 5.10 Å². The number of anilines is 2. The Morgan fingerprint density at radius 2 is 1.78 bits per heavy atom. The summed E-state index contributed by atoms with van der Waals surface area (Å²) in [5.74, 6) is -0.264. The lowest BCUT2D eigenvalue weighted by Gasteiger charge is -2.13. The molecule has 7 heteroatoms. The van der Waals surface area contributed by atoms with Crippen LogP contribution in [0.1, 0.15) is 24.9 Å². The fourth-order valence-corrected chi connectivity index (χ4v) is 2.58. The van der Waals surface area contributed by atoms with Crippen molar-refractivity contribution in [1.29, 1.82) is 0 Å². The van der Waals surface area contributed by atoms with Gasteiger partial charge in [0.25, 0.3) is 0 Å². The molecule has 0 aliphatic rings. The van der Waals surface area contributed by atoms with Gasteiger partial charge in [-0.15, -0.1) is 0 Å². The normalized spacial score (nSPS) is 11.6. The van der Waals surface area contributed by atoms with Gasteiger partial charge >= 0.3 is 0 Å². The minimum atomic E-state index is -0.432. The third-order valence-electron chi connectivity index (χ3n) is 4.11. The molecule has 0 spiro atoms. The summed E-state index contributed by atoms with van der Waals surface area (Å²) >= 11 is 0. The molecule has 0 aliphatic heterocycles. The fraction of sp³-hybridized carbons (Fsp3) is 0.200. The number of hydrogen-bond donors (Lipinski definition) is 2. The maximum atomic E-state index is 12.3. The van der Waals surface area contributed by atoms with E-state index in [0.29, 0.717) is 24.2 Å². The molecule has 0 unspecified atom stereocenters. The second kappa shape index (κ2) is 8.75. The summed E-state index contributed by atoms with van der Waals surface area (Å²) in [6.45, 7) is 1.77. The number of carbonyl (C=O) groups is 2. The predicted molar refractivity (Wildman–Crippen MR) is 103 cm³/mol. The molecule has 0 radical (unpaired) electrons. The summed E-state index contributed by atoms with van der Waals surface area (Å²) in [6.07, 6.45) is 7.81. The van der Waals surface area contributed by atoms with Gasteiger partial charge < -0.3 is 10.6 Å². The first-order chi connectivity index (χ1) is 13.1. The van der Waals surface area contributed by atoms with Crippen molar-refractivity contribution in [3.8, 4) is 0 Å². The zero-order chi connectivity index (χ0) is 19.1. The van der Waals surface area contributed by atoms with Gasteiger partial charge in [0.1, 0.15) is 6.04 Å². The van der Waals surface area contributed by atoms with Gasteiger partial charge in [0.05, 0.1) is 0 Å². The highest BCUT2D eigenvalue weighted by molar-refractivity contribution is 5.95. The van der Waals surface area contributed by atoms with E-state index >= 15 is 0 Å². The maximum Gasteiger partial charge on any atom is 0.248 e. The minimum absolute atomic E-state index is 0.0832. The van der Waals surface area contributed by atoms with Crippen LogP contribution in [0.2, 0.25) is 0 Å². The van der Waals surface area contributed by atoms with Crippen LogP contribution in [-0.4, -0.2) is 26.6 Å². The van der Waals surface area contributed by atoms with E-state index in [0.717, 1.165) is 5.56 Å². The van der Waals surface area contributed by atoms with Crippen molar-refractivity contribution in [3.05, 3.63) is 72.8 Å². The maximum absolute atomic E-state index is 12.3. The van der Waals surface area contributed by atoms with Gasteiger partial charge in [-0.3, -0.25) is 19.3 Å². The Bertz CT molecular complexity index is 894. The van der Waals surface area contributed by atoms with E-state index in [1.165, 1.54) is 0 Å². The number of aryl methyl sites for hydroxylation is 1. The lowest BCUT2D eigenvalue weighted by atomic mass is 10.1. The molecule has 2 amide bonds. The number of nitrogens with one attached hydrogen (secondary N) is 2. The van der Waals surface area contributed by atoms with E-state index in [4.69, 9.17) is 0 Å². The molecule has 0 saturated carbocycles. The zero-order valence-electron chi connectivity index (χ0n) is 15.0. The standard InChI is InChI=1S/C20H21N5O2/c1-15(25-13-3-10-22-25)20(27)24-18-5-2-4-17(14-18)23-19(26)7-6-16-8-11-21-12-9-16/h2-5,8-15H,6-7H2,1H3,(H,23,26)(H,24,27)/t15-/m0/s1. The number of pyridine rings is 1. The van der Waals surface area contributed by atoms with E-state index in [2.05, 4.69) is 20.7 Å². The summed E-state index contributed by atoms with van der Waals surface area (Å²) < 4.78 is 1.58. The van der Waals surface area contributed by atoms with Crippen LogP contribution in [0.25, 0.3) is 0 Å². The highest BCUT2D eigenvalue weighted by Crippen LogP contribution is 2.17. The Hall–Kier alpha value is -3.48. The number of amides is 2. The molecule has 2 aromatic heterocycles. The molecule has 0 aliphatic carbocycles. The van der Waals surface area contributed by atoms with Gasteiger partial charge in [-0.1, -0.05) is 6.07 Å². The average Bonchev–Trinajstić information content (AvgIpc) is 3.21. The minimum Gasteiger partial charge on any atom is -0.326 e. The summed E-state index contributed by atoms with van der Waals surface area (Å²) in [4.78, 5) is 28.5. The number of hydrogen-bond acceptors (Lipinski definition) is 4. The molecule has 3 rings (SSSR count). The van der Waals surface area contributed by atoms with E-state index in [1.54, 1.807) is 66.7 Å². The molecule has 0 bridgehead atoms. The van der Waals surface area contributed by atoms with E-state index < -0.39 is 6.04 Å². The highest BCUT2D eigenvalue weighted by atomic mass is 16.2. The average molecular weight is 363 g/mol. The van der Waals surface area contributed by atoms with Crippen LogP contribution in [0, 0.1) is 0 Å². The molecule has 1 atom stereocenters. The molecular weight excluding hydrogens is 342 g/mol. The van der Waals surface area contributed by atoms with Crippen LogP contribution >= 0.6 is 0 Å². The topological polar surface area (TPSA) is 88.9 Å². The first kappa shape index (κ1) is 18.3. The smallest absolute Gasteiger partial charge is 0.248 e. The lowest BCUT2D eigenvalue weighted by Crippen LogP contribution is -2.24. The summed E-state index contributed by atoms with van der Waals surface area (Å²) in [7, 11) is 0. The molecule has 0 saturated heterocycles. The number of carbonyl (C=O) groups excluding carboxylic acids is 2. The van der Waals surface area contributed by atoms with Gasteiger partial charge in [0.15, 0.2) is 0 Å². The monoisotopic (exact) mass is 363 g/mol. The summed E-state index contributed by atoms with van der Waals surface area (Å²) in [5.41, 5.74) is 2.32. The first-order valence-electron chi connectivity index (χ1n) is 8.70. The summed E-state index contributed by atoms with van der Waals surface area (Å²) in [5, 5.41) is 9.78. The second-order valence-corrected chi connectivity index (χ2v) is 6.14. The number of nitrogens with zero attached hydrogens (tertiary/aromatic N) is 3. The Morgan fingerprint density at radius 1 is 1.04 bits per heavy atom.